The minimum absolute atomic E-state index is 0.0359. The third-order valence-electron chi connectivity index (χ3n) is 2.47. The highest BCUT2D eigenvalue weighted by atomic mass is 79.9. The number of hydrogen-bond acceptors (Lipinski definition) is 2. The van der Waals surface area contributed by atoms with E-state index in [1.54, 1.807) is 0 Å². The summed E-state index contributed by atoms with van der Waals surface area (Å²) in [5.74, 6) is 0.198. The maximum absolute atomic E-state index is 12.0. The molecule has 1 aromatic carbocycles. The number of hydrogen-bond donors (Lipinski definition) is 0. The molecule has 1 aliphatic carbocycles. The molecule has 1 aliphatic rings. The molecule has 0 aliphatic heterocycles. The zero-order valence-corrected chi connectivity index (χ0v) is 11.3. The van der Waals surface area contributed by atoms with Crippen LogP contribution >= 0.6 is 27.5 Å². The van der Waals surface area contributed by atoms with Crippen LogP contribution in [0.25, 0.3) is 0 Å². The van der Waals surface area contributed by atoms with Gasteiger partial charge in [-0.1, -0.05) is 0 Å². The van der Waals surface area contributed by atoms with E-state index in [1.807, 2.05) is 0 Å². The maximum atomic E-state index is 12.0. The van der Waals surface area contributed by atoms with Gasteiger partial charge < -0.3 is 9.47 Å². The molecular formula is C11H9BrClF3O2. The molecule has 100 valence electrons. The molecule has 0 atom stereocenters. The molecule has 0 N–H and O–H groups in total. The van der Waals surface area contributed by atoms with Gasteiger partial charge in [-0.05, 0) is 34.1 Å². The molecule has 0 bridgehead atoms. The van der Waals surface area contributed by atoms with Gasteiger partial charge in [0.2, 0.25) is 0 Å². The Kier molecular flexibility index (Phi) is 3.96. The number of halogens is 5. The highest BCUT2D eigenvalue weighted by Gasteiger charge is 2.32. The standard InChI is InChI=1S/C11H9BrClF3O2/c12-9-5-7(17-8-3-6(13)4-8)1-2-10(9)18-11(14,15)16/h1-2,5-6,8H,3-4H2. The number of ether oxygens (including phenoxy) is 2. The summed E-state index contributed by atoms with van der Waals surface area (Å²) in [5, 5.41) is 0.131. The zero-order valence-electron chi connectivity index (χ0n) is 9.01. The molecule has 2 rings (SSSR count). The van der Waals surface area contributed by atoms with Crippen molar-refractivity contribution in [2.24, 2.45) is 0 Å². The number of alkyl halides is 4. The fourth-order valence-electron chi connectivity index (χ4n) is 1.55. The molecule has 0 saturated heterocycles. The summed E-state index contributed by atoms with van der Waals surface area (Å²) in [7, 11) is 0. The summed E-state index contributed by atoms with van der Waals surface area (Å²) in [6.45, 7) is 0. The largest absolute Gasteiger partial charge is 0.573 e. The predicted molar refractivity (Wildman–Crippen MR) is 64.1 cm³/mol. The van der Waals surface area contributed by atoms with Crippen LogP contribution in [-0.2, 0) is 0 Å². The molecule has 0 amide bonds. The highest BCUT2D eigenvalue weighted by Crippen LogP contribution is 2.35. The van der Waals surface area contributed by atoms with Gasteiger partial charge in [0.15, 0.2) is 0 Å². The summed E-state index contributed by atoms with van der Waals surface area (Å²) in [5.41, 5.74) is 0. The fourth-order valence-corrected chi connectivity index (χ4v) is 2.39. The third kappa shape index (κ3) is 3.68. The average molecular weight is 346 g/mol. The monoisotopic (exact) mass is 344 g/mol. The second-order valence-electron chi connectivity index (χ2n) is 3.95. The Labute approximate surface area is 115 Å². The summed E-state index contributed by atoms with van der Waals surface area (Å²) < 4.78 is 45.7. The van der Waals surface area contributed by atoms with Gasteiger partial charge in [0.25, 0.3) is 0 Å². The van der Waals surface area contributed by atoms with Gasteiger partial charge in [-0.25, -0.2) is 0 Å². The Balaban J connectivity index is 2.01. The van der Waals surface area contributed by atoms with Gasteiger partial charge in [-0.3, -0.25) is 0 Å². The Bertz CT molecular complexity index is 433. The van der Waals surface area contributed by atoms with Crippen molar-refractivity contribution in [3.8, 4) is 11.5 Å². The molecule has 2 nitrogen and oxygen atoms in total. The van der Waals surface area contributed by atoms with Crippen molar-refractivity contribution < 1.29 is 22.6 Å². The van der Waals surface area contributed by atoms with E-state index in [0.29, 0.717) is 5.75 Å². The van der Waals surface area contributed by atoms with E-state index in [0.717, 1.165) is 12.8 Å². The van der Waals surface area contributed by atoms with Crippen LogP contribution in [0.5, 0.6) is 11.5 Å². The number of benzene rings is 1. The van der Waals surface area contributed by atoms with Crippen molar-refractivity contribution in [3.05, 3.63) is 22.7 Å². The smallest absolute Gasteiger partial charge is 0.490 e. The topological polar surface area (TPSA) is 18.5 Å². The van der Waals surface area contributed by atoms with Gasteiger partial charge in [0, 0.05) is 18.2 Å². The van der Waals surface area contributed by atoms with Crippen LogP contribution in [0.1, 0.15) is 12.8 Å². The van der Waals surface area contributed by atoms with E-state index in [1.165, 1.54) is 18.2 Å². The minimum atomic E-state index is -4.70. The maximum Gasteiger partial charge on any atom is 0.573 e. The normalized spacial score (nSPS) is 23.4. The van der Waals surface area contributed by atoms with E-state index >= 15 is 0 Å². The lowest BCUT2D eigenvalue weighted by Gasteiger charge is -2.31. The molecule has 1 fully saturated rings. The first-order valence-corrected chi connectivity index (χ1v) is 6.42. The first kappa shape index (κ1) is 13.8. The van der Waals surface area contributed by atoms with Crippen LogP contribution < -0.4 is 9.47 Å². The Morgan fingerprint density at radius 3 is 2.44 bits per heavy atom. The van der Waals surface area contributed by atoms with Crippen LogP contribution in [0.15, 0.2) is 22.7 Å². The van der Waals surface area contributed by atoms with Crippen LogP contribution in [0.4, 0.5) is 13.2 Å². The predicted octanol–water partition coefficient (Wildman–Crippen LogP) is 4.50. The van der Waals surface area contributed by atoms with Crippen molar-refractivity contribution in [3.63, 3.8) is 0 Å². The molecular weight excluding hydrogens is 336 g/mol. The minimum Gasteiger partial charge on any atom is -0.490 e. The molecule has 1 saturated carbocycles. The van der Waals surface area contributed by atoms with Crippen LogP contribution in [0, 0.1) is 0 Å². The second-order valence-corrected chi connectivity index (χ2v) is 5.42. The molecule has 0 spiro atoms. The SMILES string of the molecule is FC(F)(F)Oc1ccc(OC2CC(Cl)C2)cc1Br. The van der Waals surface area contributed by atoms with E-state index in [2.05, 4.69) is 20.7 Å². The van der Waals surface area contributed by atoms with E-state index < -0.39 is 6.36 Å². The molecule has 1 aromatic rings. The average Bonchev–Trinajstić information content (AvgIpc) is 2.18. The lowest BCUT2D eigenvalue weighted by molar-refractivity contribution is -0.274. The van der Waals surface area contributed by atoms with Gasteiger partial charge in [-0.15, -0.1) is 24.8 Å². The van der Waals surface area contributed by atoms with Crippen molar-refractivity contribution in [2.75, 3.05) is 0 Å². The van der Waals surface area contributed by atoms with E-state index in [4.69, 9.17) is 16.3 Å². The summed E-state index contributed by atoms with van der Waals surface area (Å²) in [6.07, 6.45) is -3.17. The van der Waals surface area contributed by atoms with E-state index in [-0.39, 0.29) is 21.7 Å². The van der Waals surface area contributed by atoms with Crippen molar-refractivity contribution >= 4 is 27.5 Å². The summed E-state index contributed by atoms with van der Waals surface area (Å²) in [6, 6.07) is 4.10. The lowest BCUT2D eigenvalue weighted by atomic mass is 9.95. The molecule has 0 radical (unpaired) electrons. The van der Waals surface area contributed by atoms with Crippen LogP contribution in [-0.4, -0.2) is 17.8 Å². The molecule has 0 unspecified atom stereocenters. The first-order chi connectivity index (χ1) is 8.33. The van der Waals surface area contributed by atoms with Crippen LogP contribution in [0.3, 0.4) is 0 Å². The number of rotatable bonds is 3. The second kappa shape index (κ2) is 5.17. The van der Waals surface area contributed by atoms with Crippen molar-refractivity contribution in [2.45, 2.75) is 30.7 Å². The summed E-state index contributed by atoms with van der Waals surface area (Å²) in [4.78, 5) is 0. The fraction of sp³-hybridized carbons (Fsp3) is 0.455. The van der Waals surface area contributed by atoms with Crippen molar-refractivity contribution in [1.29, 1.82) is 0 Å². The molecule has 0 heterocycles. The van der Waals surface area contributed by atoms with Gasteiger partial charge in [0.1, 0.15) is 17.6 Å². The van der Waals surface area contributed by atoms with Crippen molar-refractivity contribution in [1.82, 2.24) is 0 Å². The Morgan fingerprint density at radius 2 is 1.94 bits per heavy atom. The zero-order chi connectivity index (χ0) is 13.3. The first-order valence-electron chi connectivity index (χ1n) is 5.19. The third-order valence-corrected chi connectivity index (χ3v) is 3.45. The van der Waals surface area contributed by atoms with Gasteiger partial charge in [0.05, 0.1) is 4.47 Å². The van der Waals surface area contributed by atoms with Crippen LogP contribution in [0.2, 0.25) is 0 Å². The summed E-state index contributed by atoms with van der Waals surface area (Å²) >= 11 is 8.82. The Hall–Kier alpha value is -0.620. The quantitative estimate of drug-likeness (QED) is 0.751. The molecule has 7 heteroatoms. The molecule has 0 aromatic heterocycles. The van der Waals surface area contributed by atoms with Gasteiger partial charge >= 0.3 is 6.36 Å². The van der Waals surface area contributed by atoms with E-state index in [9.17, 15) is 13.2 Å². The highest BCUT2D eigenvalue weighted by molar-refractivity contribution is 9.10. The van der Waals surface area contributed by atoms with Gasteiger partial charge in [-0.2, -0.15) is 0 Å². The molecule has 18 heavy (non-hydrogen) atoms. The lowest BCUT2D eigenvalue weighted by Crippen LogP contribution is -2.34. The Morgan fingerprint density at radius 1 is 1.28 bits per heavy atom.